The van der Waals surface area contributed by atoms with Crippen molar-refractivity contribution in [1.82, 2.24) is 15.5 Å². The third kappa shape index (κ3) is 4.08. The molecule has 8 atom stereocenters. The largest absolute Gasteiger partial charge is 0.389 e. The summed E-state index contributed by atoms with van der Waals surface area (Å²) >= 11 is 0. The molecule has 0 bridgehead atoms. The molecule has 3 saturated heterocycles. The maximum Gasteiger partial charge on any atom is 0.103 e. The monoisotopic (exact) mass is 381 g/mol. The fourth-order valence-corrected chi connectivity index (χ4v) is 6.67. The van der Waals surface area contributed by atoms with Gasteiger partial charge < -0.3 is 15.7 Å². The van der Waals surface area contributed by atoms with Crippen LogP contribution in [0.15, 0.2) is 0 Å². The molecule has 0 aromatic carbocycles. The van der Waals surface area contributed by atoms with E-state index in [4.69, 9.17) is 0 Å². The summed E-state index contributed by atoms with van der Waals surface area (Å²) in [5.41, 5.74) is -0.664. The molecule has 0 spiro atoms. The van der Waals surface area contributed by atoms with Gasteiger partial charge in [-0.15, -0.1) is 0 Å². The molecule has 3 aliphatic heterocycles. The van der Waals surface area contributed by atoms with E-state index in [9.17, 15) is 9.50 Å². The summed E-state index contributed by atoms with van der Waals surface area (Å²) in [6.45, 7) is 9.12. The van der Waals surface area contributed by atoms with E-state index in [1.807, 2.05) is 13.8 Å². The molecule has 0 amide bonds. The van der Waals surface area contributed by atoms with Gasteiger partial charge in [0.1, 0.15) is 6.17 Å². The minimum Gasteiger partial charge on any atom is -0.389 e. The normalized spacial score (nSPS) is 47.0. The summed E-state index contributed by atoms with van der Waals surface area (Å²) in [7, 11) is 0. The van der Waals surface area contributed by atoms with Gasteiger partial charge in [-0.2, -0.15) is 0 Å². The standard InChI is InChI=1S/C22H40FN3O/c1-14-11-15(6-8-18(14)23)21-17(5-4-10-24-21)16-7-9-20-25-12-19(22(2,3)27)26(20)13-16/h14-21,24-25,27H,4-13H2,1-3H3. The van der Waals surface area contributed by atoms with E-state index in [0.29, 0.717) is 30.0 Å². The number of nitrogens with one attached hydrogen (secondary N) is 2. The lowest BCUT2D eigenvalue weighted by molar-refractivity contribution is -0.0384. The Morgan fingerprint density at radius 1 is 1.04 bits per heavy atom. The van der Waals surface area contributed by atoms with Crippen LogP contribution in [0.5, 0.6) is 0 Å². The predicted octanol–water partition coefficient (Wildman–Crippen LogP) is 2.91. The molecule has 0 radical (unpaired) electrons. The van der Waals surface area contributed by atoms with E-state index in [-0.39, 0.29) is 12.0 Å². The van der Waals surface area contributed by atoms with Crippen LogP contribution in [0.3, 0.4) is 0 Å². The van der Waals surface area contributed by atoms with E-state index < -0.39 is 11.8 Å². The second-order valence-corrected chi connectivity index (χ2v) is 10.5. The van der Waals surface area contributed by atoms with Crippen molar-refractivity contribution in [2.45, 2.75) is 95.7 Å². The Balaban J connectivity index is 1.46. The Kier molecular flexibility index (Phi) is 5.86. The zero-order valence-corrected chi connectivity index (χ0v) is 17.5. The number of alkyl halides is 1. The third-order valence-electron chi connectivity index (χ3n) is 8.19. The molecule has 3 heterocycles. The minimum atomic E-state index is -0.664. The lowest BCUT2D eigenvalue weighted by atomic mass is 9.67. The SMILES string of the molecule is CC1CC(C2NCCCC2C2CCC3NCC(C(C)(C)O)N3C2)CCC1F. The number of nitrogens with zero attached hydrogens (tertiary/aromatic N) is 1. The van der Waals surface area contributed by atoms with Crippen molar-refractivity contribution >= 4 is 0 Å². The number of piperidine rings is 2. The molecular formula is C22H40FN3O. The summed E-state index contributed by atoms with van der Waals surface area (Å²) in [5, 5.41) is 18.1. The quantitative estimate of drug-likeness (QED) is 0.704. The highest BCUT2D eigenvalue weighted by Gasteiger charge is 2.47. The molecule has 8 unspecified atom stereocenters. The Morgan fingerprint density at radius 2 is 1.81 bits per heavy atom. The van der Waals surface area contributed by atoms with Crippen LogP contribution in [-0.2, 0) is 0 Å². The molecule has 4 nitrogen and oxygen atoms in total. The smallest absolute Gasteiger partial charge is 0.103 e. The van der Waals surface area contributed by atoms with Gasteiger partial charge in [-0.1, -0.05) is 6.92 Å². The lowest BCUT2D eigenvalue weighted by Gasteiger charge is -2.49. The van der Waals surface area contributed by atoms with Crippen molar-refractivity contribution in [3.05, 3.63) is 0 Å². The second kappa shape index (κ2) is 7.89. The number of fused-ring (bicyclic) bond motifs is 1. The maximum atomic E-state index is 14.0. The molecule has 27 heavy (non-hydrogen) atoms. The van der Waals surface area contributed by atoms with Crippen LogP contribution < -0.4 is 10.6 Å². The minimum absolute atomic E-state index is 0.210. The molecule has 156 valence electrons. The van der Waals surface area contributed by atoms with Gasteiger partial charge in [-0.05, 0) is 89.0 Å². The predicted molar refractivity (Wildman–Crippen MR) is 107 cm³/mol. The lowest BCUT2D eigenvalue weighted by Crippen LogP contribution is -2.57. The first-order valence-electron chi connectivity index (χ1n) is 11.4. The van der Waals surface area contributed by atoms with Crippen molar-refractivity contribution < 1.29 is 9.50 Å². The third-order valence-corrected chi connectivity index (χ3v) is 8.19. The average Bonchev–Trinajstić information content (AvgIpc) is 3.07. The molecule has 4 rings (SSSR count). The van der Waals surface area contributed by atoms with E-state index >= 15 is 0 Å². The van der Waals surface area contributed by atoms with Crippen LogP contribution in [0.2, 0.25) is 0 Å². The summed E-state index contributed by atoms with van der Waals surface area (Å²) in [6.07, 6.45) is 7.73. The number of hydrogen-bond donors (Lipinski definition) is 3. The first-order valence-corrected chi connectivity index (χ1v) is 11.4. The summed E-state index contributed by atoms with van der Waals surface area (Å²) < 4.78 is 14.0. The second-order valence-electron chi connectivity index (χ2n) is 10.5. The Bertz CT molecular complexity index is 510. The van der Waals surface area contributed by atoms with E-state index in [0.717, 1.165) is 38.9 Å². The van der Waals surface area contributed by atoms with Crippen molar-refractivity contribution in [3.63, 3.8) is 0 Å². The van der Waals surface area contributed by atoms with Gasteiger partial charge >= 0.3 is 0 Å². The Morgan fingerprint density at radius 3 is 2.56 bits per heavy atom. The highest BCUT2D eigenvalue weighted by molar-refractivity contribution is 5.02. The maximum absolute atomic E-state index is 14.0. The number of hydrogen-bond acceptors (Lipinski definition) is 4. The molecular weight excluding hydrogens is 341 g/mol. The fraction of sp³-hybridized carbons (Fsp3) is 1.00. The van der Waals surface area contributed by atoms with Crippen LogP contribution in [-0.4, -0.2) is 59.7 Å². The Hall–Kier alpha value is -0.230. The topological polar surface area (TPSA) is 47.5 Å². The van der Waals surface area contributed by atoms with Crippen molar-refractivity contribution in [2.24, 2.45) is 23.7 Å². The molecule has 1 aliphatic carbocycles. The van der Waals surface area contributed by atoms with Crippen LogP contribution in [0.25, 0.3) is 0 Å². The summed E-state index contributed by atoms with van der Waals surface area (Å²) in [4.78, 5) is 2.56. The molecule has 4 fully saturated rings. The van der Waals surface area contributed by atoms with Crippen molar-refractivity contribution in [1.29, 1.82) is 0 Å². The van der Waals surface area contributed by atoms with Gasteiger partial charge in [0.05, 0.1) is 17.8 Å². The van der Waals surface area contributed by atoms with E-state index in [1.165, 1.54) is 25.7 Å². The Labute approximate surface area is 164 Å². The zero-order valence-electron chi connectivity index (χ0n) is 17.5. The van der Waals surface area contributed by atoms with Gasteiger partial charge in [0.15, 0.2) is 0 Å². The number of halogens is 1. The molecule has 0 aromatic rings. The van der Waals surface area contributed by atoms with E-state index in [1.54, 1.807) is 0 Å². The molecule has 1 saturated carbocycles. The zero-order chi connectivity index (χ0) is 19.2. The van der Waals surface area contributed by atoms with Crippen LogP contribution in [0.1, 0.15) is 65.7 Å². The van der Waals surface area contributed by atoms with Gasteiger partial charge in [0.25, 0.3) is 0 Å². The van der Waals surface area contributed by atoms with Crippen LogP contribution in [0, 0.1) is 23.7 Å². The van der Waals surface area contributed by atoms with Crippen LogP contribution >= 0.6 is 0 Å². The molecule has 4 aliphatic rings. The highest BCUT2D eigenvalue weighted by Crippen LogP contribution is 2.42. The summed E-state index contributed by atoms with van der Waals surface area (Å²) in [6, 6.07) is 0.772. The first kappa shape index (κ1) is 20.1. The number of rotatable bonds is 3. The van der Waals surface area contributed by atoms with Gasteiger partial charge in [-0.3, -0.25) is 4.90 Å². The van der Waals surface area contributed by atoms with Crippen molar-refractivity contribution in [3.8, 4) is 0 Å². The molecule has 3 N–H and O–H groups in total. The summed E-state index contributed by atoms with van der Waals surface area (Å²) in [5.74, 6) is 2.25. The first-order chi connectivity index (χ1) is 12.8. The molecule has 0 aromatic heterocycles. The van der Waals surface area contributed by atoms with Gasteiger partial charge in [-0.25, -0.2) is 4.39 Å². The van der Waals surface area contributed by atoms with Gasteiger partial charge in [0.2, 0.25) is 0 Å². The van der Waals surface area contributed by atoms with Crippen molar-refractivity contribution in [2.75, 3.05) is 19.6 Å². The fourth-order valence-electron chi connectivity index (χ4n) is 6.67. The highest BCUT2D eigenvalue weighted by atomic mass is 19.1. The molecule has 5 heteroatoms. The van der Waals surface area contributed by atoms with Crippen LogP contribution in [0.4, 0.5) is 4.39 Å². The number of aliphatic hydroxyl groups is 1. The van der Waals surface area contributed by atoms with E-state index in [2.05, 4.69) is 22.5 Å². The average molecular weight is 382 g/mol. The van der Waals surface area contributed by atoms with Gasteiger partial charge in [0, 0.05) is 19.1 Å².